The summed E-state index contributed by atoms with van der Waals surface area (Å²) in [6.45, 7) is 4.12. The van der Waals surface area contributed by atoms with E-state index >= 15 is 0 Å². The zero-order chi connectivity index (χ0) is 13.9. The van der Waals surface area contributed by atoms with Gasteiger partial charge in [0.15, 0.2) is 0 Å². The number of nitrogens with one attached hydrogen (secondary N) is 1. The van der Waals surface area contributed by atoms with Crippen molar-refractivity contribution in [2.45, 2.75) is 31.8 Å². The highest BCUT2D eigenvalue weighted by Crippen LogP contribution is 2.22. The molecule has 3 nitrogen and oxygen atoms in total. The van der Waals surface area contributed by atoms with Crippen molar-refractivity contribution >= 4 is 11.6 Å². The number of likely N-dealkylation sites (N-methyl/N-ethyl adjacent to an activating group) is 1. The Bertz CT molecular complexity index is 407. The summed E-state index contributed by atoms with van der Waals surface area (Å²) in [6, 6.07) is 4.65. The van der Waals surface area contributed by atoms with Crippen LogP contribution in [-0.4, -0.2) is 30.6 Å². The molecule has 102 valence electrons. The van der Waals surface area contributed by atoms with Crippen LogP contribution in [0.5, 0.6) is 0 Å². The molecule has 1 unspecified atom stereocenters. The summed E-state index contributed by atoms with van der Waals surface area (Å²) in [7, 11) is 3.95. The molecule has 0 aliphatic rings. The molecule has 1 aromatic carbocycles. The molecule has 0 saturated carbocycles. The van der Waals surface area contributed by atoms with Gasteiger partial charge in [-0.15, -0.1) is 0 Å². The minimum absolute atomic E-state index is 0.0665. The maximum absolute atomic E-state index is 13.8. The average Bonchev–Trinajstić information content (AvgIpc) is 2.27. The molecular weight excluding hydrogens is 253 g/mol. The molecule has 1 rings (SSSR count). The molecule has 0 spiro atoms. The third kappa shape index (κ3) is 3.42. The van der Waals surface area contributed by atoms with Gasteiger partial charge in [0.2, 0.25) is 0 Å². The van der Waals surface area contributed by atoms with Gasteiger partial charge < -0.3 is 4.90 Å². The molecule has 0 bridgehead atoms. The average molecular weight is 274 g/mol. The van der Waals surface area contributed by atoms with Gasteiger partial charge in [0.25, 0.3) is 0 Å². The van der Waals surface area contributed by atoms with Crippen molar-refractivity contribution in [3.8, 4) is 0 Å². The van der Waals surface area contributed by atoms with Crippen LogP contribution in [-0.2, 0) is 6.42 Å². The second-order valence-electron chi connectivity index (χ2n) is 5.21. The second-order valence-corrected chi connectivity index (χ2v) is 5.64. The van der Waals surface area contributed by atoms with Gasteiger partial charge in [0, 0.05) is 16.6 Å². The summed E-state index contributed by atoms with van der Waals surface area (Å²) < 4.78 is 13.8. The number of rotatable bonds is 5. The first-order valence-corrected chi connectivity index (χ1v) is 6.24. The predicted molar refractivity (Wildman–Crippen MR) is 74.0 cm³/mol. The van der Waals surface area contributed by atoms with Crippen LogP contribution in [0.2, 0.25) is 5.02 Å². The van der Waals surface area contributed by atoms with E-state index in [0.29, 0.717) is 17.0 Å². The lowest BCUT2D eigenvalue weighted by molar-refractivity contribution is 0.137. The van der Waals surface area contributed by atoms with E-state index in [1.54, 1.807) is 12.1 Å². The smallest absolute Gasteiger partial charge is 0.127 e. The molecule has 0 aliphatic heterocycles. The van der Waals surface area contributed by atoms with Crippen LogP contribution in [0.1, 0.15) is 19.4 Å². The van der Waals surface area contributed by atoms with Gasteiger partial charge in [0.1, 0.15) is 5.82 Å². The van der Waals surface area contributed by atoms with Gasteiger partial charge in [-0.25, -0.2) is 4.39 Å². The largest absolute Gasteiger partial charge is 0.303 e. The molecule has 0 radical (unpaired) electrons. The molecular formula is C13H21ClFN3. The Morgan fingerprint density at radius 2 is 2.06 bits per heavy atom. The Balaban J connectivity index is 2.93. The molecule has 0 heterocycles. The SMILES string of the molecule is CN(C)C(C)(C)C(Cc1ccc(Cl)cc1F)NN. The Hall–Kier alpha value is -0.680. The Labute approximate surface area is 113 Å². The standard InChI is InChI=1S/C13H21ClFN3/c1-13(2,18(3)4)12(17-16)7-9-5-6-10(14)8-11(9)15/h5-6,8,12,17H,7,16H2,1-4H3. The third-order valence-corrected chi connectivity index (χ3v) is 3.88. The highest BCUT2D eigenvalue weighted by molar-refractivity contribution is 6.30. The molecule has 3 N–H and O–H groups in total. The van der Waals surface area contributed by atoms with Crippen molar-refractivity contribution in [3.63, 3.8) is 0 Å². The van der Waals surface area contributed by atoms with E-state index in [1.165, 1.54) is 6.07 Å². The summed E-state index contributed by atoms with van der Waals surface area (Å²) in [5.74, 6) is 5.31. The van der Waals surface area contributed by atoms with Crippen LogP contribution in [0.15, 0.2) is 18.2 Å². The van der Waals surface area contributed by atoms with Gasteiger partial charge in [-0.3, -0.25) is 11.3 Å². The van der Waals surface area contributed by atoms with Crippen LogP contribution in [0.3, 0.4) is 0 Å². The Morgan fingerprint density at radius 1 is 1.44 bits per heavy atom. The lowest BCUT2D eigenvalue weighted by Crippen LogP contribution is -2.58. The summed E-state index contributed by atoms with van der Waals surface area (Å²) in [5, 5.41) is 0.403. The molecule has 0 aromatic heterocycles. The zero-order valence-electron chi connectivity index (χ0n) is 11.3. The second kappa shape index (κ2) is 5.97. The molecule has 1 atom stereocenters. The summed E-state index contributed by atoms with van der Waals surface area (Å²) >= 11 is 5.74. The van der Waals surface area contributed by atoms with Crippen LogP contribution >= 0.6 is 11.6 Å². The van der Waals surface area contributed by atoms with Gasteiger partial charge in [-0.05, 0) is 52.1 Å². The van der Waals surface area contributed by atoms with Gasteiger partial charge in [0.05, 0.1) is 0 Å². The summed E-state index contributed by atoms with van der Waals surface area (Å²) in [6.07, 6.45) is 0.505. The van der Waals surface area contributed by atoms with E-state index in [2.05, 4.69) is 24.2 Å². The Kier molecular flexibility index (Phi) is 5.10. The van der Waals surface area contributed by atoms with Gasteiger partial charge >= 0.3 is 0 Å². The van der Waals surface area contributed by atoms with Crippen LogP contribution in [0, 0.1) is 5.82 Å². The normalized spacial score (nSPS) is 14.0. The lowest BCUT2D eigenvalue weighted by atomic mass is 9.88. The number of hydrogen-bond acceptors (Lipinski definition) is 3. The molecule has 5 heteroatoms. The number of halogens is 2. The summed E-state index contributed by atoms with van der Waals surface area (Å²) in [4.78, 5) is 2.06. The summed E-state index contributed by atoms with van der Waals surface area (Å²) in [5.41, 5.74) is 3.19. The molecule has 0 saturated heterocycles. The minimum Gasteiger partial charge on any atom is -0.303 e. The first kappa shape index (κ1) is 15.4. The van der Waals surface area contributed by atoms with Crippen LogP contribution in [0.25, 0.3) is 0 Å². The zero-order valence-corrected chi connectivity index (χ0v) is 12.1. The van der Waals surface area contributed by atoms with E-state index in [9.17, 15) is 4.39 Å². The molecule has 0 amide bonds. The van der Waals surface area contributed by atoms with E-state index in [-0.39, 0.29) is 17.4 Å². The third-order valence-electron chi connectivity index (χ3n) is 3.65. The van der Waals surface area contributed by atoms with Crippen molar-refractivity contribution in [2.75, 3.05) is 14.1 Å². The quantitative estimate of drug-likeness (QED) is 0.638. The van der Waals surface area contributed by atoms with E-state index < -0.39 is 0 Å². The highest BCUT2D eigenvalue weighted by Gasteiger charge is 2.31. The monoisotopic (exact) mass is 273 g/mol. The van der Waals surface area contributed by atoms with Crippen molar-refractivity contribution in [3.05, 3.63) is 34.6 Å². The fourth-order valence-electron chi connectivity index (χ4n) is 1.73. The maximum Gasteiger partial charge on any atom is 0.127 e. The van der Waals surface area contributed by atoms with Crippen molar-refractivity contribution in [2.24, 2.45) is 5.84 Å². The number of benzene rings is 1. The lowest BCUT2D eigenvalue weighted by Gasteiger charge is -2.40. The fraction of sp³-hybridized carbons (Fsp3) is 0.538. The number of nitrogens with zero attached hydrogens (tertiary/aromatic N) is 1. The molecule has 0 aliphatic carbocycles. The first-order valence-electron chi connectivity index (χ1n) is 5.86. The van der Waals surface area contributed by atoms with Crippen LogP contribution in [0.4, 0.5) is 4.39 Å². The molecule has 1 aromatic rings. The van der Waals surface area contributed by atoms with Gasteiger partial charge in [-0.1, -0.05) is 17.7 Å². The van der Waals surface area contributed by atoms with Crippen molar-refractivity contribution in [1.29, 1.82) is 0 Å². The number of nitrogens with two attached hydrogens (primary N) is 1. The fourth-order valence-corrected chi connectivity index (χ4v) is 1.89. The highest BCUT2D eigenvalue weighted by atomic mass is 35.5. The minimum atomic E-state index is -0.294. The van der Waals surface area contributed by atoms with Crippen molar-refractivity contribution < 1.29 is 4.39 Å². The maximum atomic E-state index is 13.8. The topological polar surface area (TPSA) is 41.3 Å². The van der Waals surface area contributed by atoms with Gasteiger partial charge in [-0.2, -0.15) is 0 Å². The number of hydrogen-bond donors (Lipinski definition) is 2. The molecule has 0 fully saturated rings. The number of hydrazine groups is 1. The van der Waals surface area contributed by atoms with E-state index in [0.717, 1.165) is 0 Å². The van der Waals surface area contributed by atoms with E-state index in [4.69, 9.17) is 17.4 Å². The van der Waals surface area contributed by atoms with Crippen molar-refractivity contribution in [1.82, 2.24) is 10.3 Å². The molecule has 18 heavy (non-hydrogen) atoms. The van der Waals surface area contributed by atoms with Crippen LogP contribution < -0.4 is 11.3 Å². The first-order chi connectivity index (χ1) is 8.28. The van der Waals surface area contributed by atoms with E-state index in [1.807, 2.05) is 14.1 Å². The predicted octanol–water partition coefficient (Wildman–Crippen LogP) is 2.19. The Morgan fingerprint density at radius 3 is 2.50 bits per heavy atom.